The van der Waals surface area contributed by atoms with Crippen LogP contribution in [0.2, 0.25) is 0 Å². The second kappa shape index (κ2) is 11.2. The second-order valence-corrected chi connectivity index (χ2v) is 9.52. The molecule has 1 unspecified atom stereocenters. The summed E-state index contributed by atoms with van der Waals surface area (Å²) in [5.41, 5.74) is 5.50. The summed E-state index contributed by atoms with van der Waals surface area (Å²) in [5, 5.41) is 3.02. The first-order valence-electron chi connectivity index (χ1n) is 11.5. The van der Waals surface area contributed by atoms with E-state index in [-0.39, 0.29) is 17.2 Å². The number of thioether (sulfide) groups is 1. The molecule has 1 saturated heterocycles. The van der Waals surface area contributed by atoms with Gasteiger partial charge in [0.25, 0.3) is 5.91 Å². The van der Waals surface area contributed by atoms with Gasteiger partial charge in [0.05, 0.1) is 5.75 Å². The van der Waals surface area contributed by atoms with E-state index in [9.17, 15) is 9.59 Å². The van der Waals surface area contributed by atoms with Gasteiger partial charge in [0.15, 0.2) is 0 Å². The van der Waals surface area contributed by atoms with E-state index >= 15 is 0 Å². The minimum Gasteiger partial charge on any atom is -0.352 e. The van der Waals surface area contributed by atoms with E-state index in [1.807, 2.05) is 47.4 Å². The summed E-state index contributed by atoms with van der Waals surface area (Å²) in [4.78, 5) is 26.9. The highest BCUT2D eigenvalue weighted by Gasteiger charge is 2.32. The van der Waals surface area contributed by atoms with Crippen LogP contribution in [0.3, 0.4) is 0 Å². The lowest BCUT2D eigenvalue weighted by atomic mass is 10.1. The first-order valence-corrected chi connectivity index (χ1v) is 12.5. The minimum atomic E-state index is -0.0541. The molecule has 1 heterocycles. The molecule has 1 atom stereocenters. The lowest BCUT2D eigenvalue weighted by Crippen LogP contribution is -2.30. The van der Waals surface area contributed by atoms with Gasteiger partial charge in [0, 0.05) is 18.7 Å². The fraction of sp³-hybridized carbons (Fsp3) is 0.286. The Morgan fingerprint density at radius 2 is 1.64 bits per heavy atom. The molecule has 0 radical (unpaired) electrons. The Labute approximate surface area is 200 Å². The van der Waals surface area contributed by atoms with Crippen molar-refractivity contribution in [3.8, 4) is 0 Å². The molecule has 2 amide bonds. The van der Waals surface area contributed by atoms with Crippen LogP contribution >= 0.6 is 11.8 Å². The number of amides is 2. The first kappa shape index (κ1) is 23.1. The molecule has 3 aromatic rings. The number of hydrogen-bond donors (Lipinski definition) is 1. The topological polar surface area (TPSA) is 49.4 Å². The molecule has 170 valence electrons. The van der Waals surface area contributed by atoms with Gasteiger partial charge >= 0.3 is 0 Å². The number of hydrogen-bond acceptors (Lipinski definition) is 3. The van der Waals surface area contributed by atoms with E-state index in [0.29, 0.717) is 24.4 Å². The number of rotatable bonds is 9. The summed E-state index contributed by atoms with van der Waals surface area (Å²) in [6.07, 6.45) is 2.70. The largest absolute Gasteiger partial charge is 0.352 e. The van der Waals surface area contributed by atoms with E-state index < -0.39 is 0 Å². The molecule has 3 aromatic carbocycles. The van der Waals surface area contributed by atoms with Crippen molar-refractivity contribution >= 4 is 23.6 Å². The average molecular weight is 459 g/mol. The van der Waals surface area contributed by atoms with E-state index in [0.717, 1.165) is 24.8 Å². The van der Waals surface area contributed by atoms with Crippen molar-refractivity contribution in [1.29, 1.82) is 0 Å². The standard InChI is InChI=1S/C28H30N2O2S/c1-21-9-11-23(12-10-21)8-5-18-29-27(32)24-13-15-25(16-14-24)28-30(26(31)20-33-28)19-17-22-6-3-2-4-7-22/h2-4,6-7,9-16,28H,5,8,17-20H2,1H3,(H,29,32). The number of benzene rings is 3. The predicted molar refractivity (Wildman–Crippen MR) is 135 cm³/mol. The average Bonchev–Trinajstić information content (AvgIpc) is 3.22. The molecule has 4 nitrogen and oxygen atoms in total. The Morgan fingerprint density at radius 1 is 0.939 bits per heavy atom. The van der Waals surface area contributed by atoms with Crippen LogP contribution in [0.5, 0.6) is 0 Å². The van der Waals surface area contributed by atoms with Crippen molar-refractivity contribution < 1.29 is 9.59 Å². The van der Waals surface area contributed by atoms with Crippen molar-refractivity contribution in [3.05, 3.63) is 107 Å². The van der Waals surface area contributed by atoms with Gasteiger partial charge < -0.3 is 10.2 Å². The minimum absolute atomic E-state index is 0.00725. The van der Waals surface area contributed by atoms with E-state index in [1.165, 1.54) is 16.7 Å². The summed E-state index contributed by atoms with van der Waals surface area (Å²) < 4.78 is 0. The maximum Gasteiger partial charge on any atom is 0.251 e. The van der Waals surface area contributed by atoms with E-state index in [4.69, 9.17) is 0 Å². The van der Waals surface area contributed by atoms with Crippen LogP contribution in [-0.2, 0) is 17.6 Å². The van der Waals surface area contributed by atoms with Crippen LogP contribution < -0.4 is 5.32 Å². The van der Waals surface area contributed by atoms with Gasteiger partial charge in [-0.1, -0.05) is 72.3 Å². The van der Waals surface area contributed by atoms with Crippen LogP contribution in [0.1, 0.15) is 44.4 Å². The highest BCUT2D eigenvalue weighted by Crippen LogP contribution is 2.38. The number of nitrogens with one attached hydrogen (secondary N) is 1. The molecule has 1 aliphatic heterocycles. The zero-order chi connectivity index (χ0) is 23.0. The van der Waals surface area contributed by atoms with Gasteiger partial charge in [0.2, 0.25) is 5.91 Å². The highest BCUT2D eigenvalue weighted by molar-refractivity contribution is 8.00. The molecule has 1 fully saturated rings. The first-order chi connectivity index (χ1) is 16.1. The molecular weight excluding hydrogens is 428 g/mol. The molecule has 0 aliphatic carbocycles. The summed E-state index contributed by atoms with van der Waals surface area (Å²) >= 11 is 1.65. The Bertz CT molecular complexity index is 1070. The van der Waals surface area contributed by atoms with Crippen LogP contribution in [0.4, 0.5) is 0 Å². The zero-order valence-corrected chi connectivity index (χ0v) is 19.8. The van der Waals surface area contributed by atoms with E-state index in [2.05, 4.69) is 48.6 Å². The molecule has 4 rings (SSSR count). The van der Waals surface area contributed by atoms with Crippen molar-refractivity contribution in [1.82, 2.24) is 10.2 Å². The third-order valence-corrected chi connectivity index (χ3v) is 7.21. The van der Waals surface area contributed by atoms with Crippen molar-refractivity contribution in [2.45, 2.75) is 31.6 Å². The summed E-state index contributed by atoms with van der Waals surface area (Å²) in [5.74, 6) is 0.626. The lowest BCUT2D eigenvalue weighted by Gasteiger charge is -2.24. The monoisotopic (exact) mass is 458 g/mol. The third-order valence-electron chi connectivity index (χ3n) is 5.96. The molecule has 1 N–H and O–H groups in total. The molecule has 0 bridgehead atoms. The number of carbonyl (C=O) groups is 2. The molecule has 0 spiro atoms. The number of carbonyl (C=O) groups excluding carboxylic acids is 2. The van der Waals surface area contributed by atoms with Crippen molar-refractivity contribution in [2.75, 3.05) is 18.8 Å². The van der Waals surface area contributed by atoms with Gasteiger partial charge in [-0.25, -0.2) is 0 Å². The zero-order valence-electron chi connectivity index (χ0n) is 19.0. The van der Waals surface area contributed by atoms with Crippen LogP contribution in [0.15, 0.2) is 78.9 Å². The normalized spacial score (nSPS) is 15.6. The van der Waals surface area contributed by atoms with Gasteiger partial charge in [-0.05, 0) is 55.0 Å². The maximum atomic E-state index is 12.5. The summed E-state index contributed by atoms with van der Waals surface area (Å²) in [6, 6.07) is 26.5. The number of aryl methyl sites for hydroxylation is 2. The Morgan fingerprint density at radius 3 is 2.36 bits per heavy atom. The smallest absolute Gasteiger partial charge is 0.251 e. The van der Waals surface area contributed by atoms with Crippen molar-refractivity contribution in [3.63, 3.8) is 0 Å². The van der Waals surface area contributed by atoms with Crippen LogP contribution in [-0.4, -0.2) is 35.6 Å². The van der Waals surface area contributed by atoms with Gasteiger partial charge in [-0.2, -0.15) is 0 Å². The Hall–Kier alpha value is -3.05. The van der Waals surface area contributed by atoms with E-state index in [1.54, 1.807) is 11.8 Å². The molecule has 1 aliphatic rings. The lowest BCUT2D eigenvalue weighted by molar-refractivity contribution is -0.128. The number of nitrogens with zero attached hydrogens (tertiary/aromatic N) is 1. The van der Waals surface area contributed by atoms with Crippen molar-refractivity contribution in [2.24, 2.45) is 0 Å². The highest BCUT2D eigenvalue weighted by atomic mass is 32.2. The summed E-state index contributed by atoms with van der Waals surface area (Å²) in [7, 11) is 0. The quantitative estimate of drug-likeness (QED) is 0.450. The Kier molecular flexibility index (Phi) is 7.84. The molecule has 0 saturated carbocycles. The predicted octanol–water partition coefficient (Wildman–Crippen LogP) is 5.17. The SMILES string of the molecule is Cc1ccc(CCCNC(=O)c2ccc(C3SCC(=O)N3CCc3ccccc3)cc2)cc1. The Balaban J connectivity index is 1.28. The fourth-order valence-corrected chi connectivity index (χ4v) is 5.24. The molecule has 33 heavy (non-hydrogen) atoms. The third kappa shape index (κ3) is 6.26. The molecule has 5 heteroatoms. The molecule has 0 aromatic heterocycles. The second-order valence-electron chi connectivity index (χ2n) is 8.45. The maximum absolute atomic E-state index is 12.5. The van der Waals surface area contributed by atoms with Crippen LogP contribution in [0, 0.1) is 6.92 Å². The van der Waals surface area contributed by atoms with Gasteiger partial charge in [-0.15, -0.1) is 11.8 Å². The van der Waals surface area contributed by atoms with Gasteiger partial charge in [-0.3, -0.25) is 9.59 Å². The van der Waals surface area contributed by atoms with Crippen LogP contribution in [0.25, 0.3) is 0 Å². The van der Waals surface area contributed by atoms with Gasteiger partial charge in [0.1, 0.15) is 5.37 Å². The fourth-order valence-electron chi connectivity index (χ4n) is 4.02. The molecular formula is C28H30N2O2S. The summed E-state index contributed by atoms with van der Waals surface area (Å²) in [6.45, 7) is 3.43.